The zero-order valence-electron chi connectivity index (χ0n) is 9.09. The summed E-state index contributed by atoms with van der Waals surface area (Å²) in [5.74, 6) is -0.665. The second kappa shape index (κ2) is 6.15. The van der Waals surface area contributed by atoms with Crippen LogP contribution in [0.1, 0.15) is 6.92 Å². The molecule has 0 saturated heterocycles. The molecule has 6 heteroatoms. The van der Waals surface area contributed by atoms with Crippen molar-refractivity contribution in [3.8, 4) is 0 Å². The van der Waals surface area contributed by atoms with Gasteiger partial charge in [-0.3, -0.25) is 0 Å². The highest BCUT2D eigenvalue weighted by Gasteiger charge is 2.10. The molecule has 0 aromatic heterocycles. The van der Waals surface area contributed by atoms with Crippen molar-refractivity contribution in [3.05, 3.63) is 39.3 Å². The molecule has 0 fully saturated rings. The van der Waals surface area contributed by atoms with Gasteiger partial charge in [0.1, 0.15) is 0 Å². The number of hydrogen-bond acceptors (Lipinski definition) is 4. The first-order valence-electron chi connectivity index (χ1n) is 4.81. The number of benzene rings is 1. The van der Waals surface area contributed by atoms with E-state index in [1.165, 1.54) is 12.1 Å². The van der Waals surface area contributed by atoms with E-state index in [1.54, 1.807) is 19.1 Å². The zero-order valence-corrected chi connectivity index (χ0v) is 12.1. The van der Waals surface area contributed by atoms with Crippen molar-refractivity contribution in [1.82, 2.24) is 0 Å². The number of rotatable bonds is 4. The molecule has 1 rings (SSSR count). The van der Waals surface area contributed by atoms with E-state index in [9.17, 15) is 13.2 Å². The summed E-state index contributed by atoms with van der Waals surface area (Å²) < 4.78 is 29.1. The second-order valence-electron chi connectivity index (χ2n) is 3.05. The number of ether oxygens (including phenoxy) is 1. The van der Waals surface area contributed by atoms with E-state index in [1.807, 2.05) is 0 Å². The maximum Gasteiger partial charge on any atom is 0.331 e. The summed E-state index contributed by atoms with van der Waals surface area (Å²) in [4.78, 5) is 11.2. The van der Waals surface area contributed by atoms with Crippen molar-refractivity contribution in [3.63, 3.8) is 0 Å². The van der Waals surface area contributed by atoms with E-state index in [2.05, 4.69) is 27.3 Å². The van der Waals surface area contributed by atoms with Crippen LogP contribution in [0, 0.1) is 3.57 Å². The summed E-state index contributed by atoms with van der Waals surface area (Å²) in [6, 6.07) is 6.36. The van der Waals surface area contributed by atoms with Crippen molar-refractivity contribution >= 4 is 38.4 Å². The van der Waals surface area contributed by atoms with Crippen molar-refractivity contribution in [1.29, 1.82) is 0 Å². The standard InChI is InChI=1S/C11H11IO4S/c1-2-16-11(13)7-8-17(14,15)10-5-3-9(12)4-6-10/h3-8H,2H2,1H3/b8-7-. The molecular formula is C11H11IO4S. The fraction of sp³-hybridized carbons (Fsp3) is 0.182. The normalized spacial score (nSPS) is 11.6. The van der Waals surface area contributed by atoms with Crippen LogP contribution in [-0.2, 0) is 19.4 Å². The second-order valence-corrected chi connectivity index (χ2v) is 6.13. The molecule has 0 spiro atoms. The molecule has 0 unspecified atom stereocenters. The van der Waals surface area contributed by atoms with E-state index >= 15 is 0 Å². The van der Waals surface area contributed by atoms with E-state index < -0.39 is 15.8 Å². The van der Waals surface area contributed by atoms with Crippen molar-refractivity contribution in [2.24, 2.45) is 0 Å². The Kier molecular flexibility index (Phi) is 5.13. The fourth-order valence-electron chi connectivity index (χ4n) is 1.04. The molecule has 0 amide bonds. The fourth-order valence-corrected chi connectivity index (χ4v) is 2.36. The Labute approximate surface area is 114 Å². The highest BCUT2D eigenvalue weighted by atomic mass is 127. The van der Waals surface area contributed by atoms with Gasteiger partial charge in [-0.25, -0.2) is 13.2 Å². The van der Waals surface area contributed by atoms with Gasteiger partial charge in [0.05, 0.1) is 11.5 Å². The summed E-state index contributed by atoms with van der Waals surface area (Å²) in [5, 5.41) is 0.854. The monoisotopic (exact) mass is 366 g/mol. The van der Waals surface area contributed by atoms with Crippen LogP contribution in [0.25, 0.3) is 0 Å². The van der Waals surface area contributed by atoms with Crippen LogP contribution in [0.15, 0.2) is 40.6 Å². The first kappa shape index (κ1) is 14.2. The quantitative estimate of drug-likeness (QED) is 0.466. The maximum absolute atomic E-state index is 11.8. The highest BCUT2D eigenvalue weighted by Crippen LogP contribution is 2.14. The van der Waals surface area contributed by atoms with E-state index in [0.717, 1.165) is 15.1 Å². The third-order valence-corrected chi connectivity index (χ3v) is 3.95. The lowest BCUT2D eigenvalue weighted by Crippen LogP contribution is -2.02. The summed E-state index contributed by atoms with van der Waals surface area (Å²) in [6.45, 7) is 1.87. The maximum atomic E-state index is 11.8. The minimum absolute atomic E-state index is 0.151. The molecule has 1 aromatic rings. The highest BCUT2D eigenvalue weighted by molar-refractivity contribution is 14.1. The Bertz CT molecular complexity index is 517. The Morgan fingerprint density at radius 3 is 2.47 bits per heavy atom. The Morgan fingerprint density at radius 2 is 1.94 bits per heavy atom. The molecule has 4 nitrogen and oxygen atoms in total. The minimum Gasteiger partial charge on any atom is -0.463 e. The molecule has 0 radical (unpaired) electrons. The van der Waals surface area contributed by atoms with Gasteiger partial charge in [-0.15, -0.1) is 0 Å². The van der Waals surface area contributed by atoms with Crippen molar-refractivity contribution in [2.75, 3.05) is 6.61 Å². The Hall–Kier alpha value is -0.890. The SMILES string of the molecule is CCOC(=O)/C=C\S(=O)(=O)c1ccc(I)cc1. The first-order chi connectivity index (χ1) is 7.95. The number of sulfone groups is 1. The number of esters is 1. The molecule has 0 bridgehead atoms. The lowest BCUT2D eigenvalue weighted by atomic mass is 10.4. The predicted octanol–water partition coefficient (Wildman–Crippen LogP) is 2.14. The van der Waals surface area contributed by atoms with Gasteiger partial charge in [0.25, 0.3) is 0 Å². The zero-order chi connectivity index (χ0) is 12.9. The van der Waals surface area contributed by atoms with Crippen LogP contribution >= 0.6 is 22.6 Å². The van der Waals surface area contributed by atoms with Crippen LogP contribution in [0.3, 0.4) is 0 Å². The summed E-state index contributed by atoms with van der Waals surface area (Å²) in [7, 11) is -3.58. The average molecular weight is 366 g/mol. The van der Waals surface area contributed by atoms with Gasteiger partial charge >= 0.3 is 5.97 Å². The lowest BCUT2D eigenvalue weighted by molar-refractivity contribution is -0.137. The van der Waals surface area contributed by atoms with Crippen LogP contribution in [0.4, 0.5) is 0 Å². The van der Waals surface area contributed by atoms with Crippen molar-refractivity contribution in [2.45, 2.75) is 11.8 Å². The van der Waals surface area contributed by atoms with Crippen LogP contribution in [0.5, 0.6) is 0 Å². The topological polar surface area (TPSA) is 60.4 Å². The Balaban J connectivity index is 2.89. The van der Waals surface area contributed by atoms with E-state index in [0.29, 0.717) is 0 Å². The van der Waals surface area contributed by atoms with Gasteiger partial charge in [-0.05, 0) is 53.8 Å². The third kappa shape index (κ3) is 4.47. The molecule has 0 saturated carbocycles. The van der Waals surface area contributed by atoms with Crippen molar-refractivity contribution < 1.29 is 17.9 Å². The number of carbonyl (C=O) groups excluding carboxylic acids is 1. The van der Waals surface area contributed by atoms with Gasteiger partial charge in [0.2, 0.25) is 0 Å². The smallest absolute Gasteiger partial charge is 0.331 e. The first-order valence-corrected chi connectivity index (χ1v) is 7.43. The van der Waals surface area contributed by atoms with Crippen LogP contribution < -0.4 is 0 Å². The molecule has 0 atom stereocenters. The largest absolute Gasteiger partial charge is 0.463 e. The van der Waals surface area contributed by atoms with E-state index in [-0.39, 0.29) is 11.5 Å². The van der Waals surface area contributed by atoms with Crippen LogP contribution in [-0.4, -0.2) is 21.0 Å². The summed E-state index contributed by atoms with van der Waals surface area (Å²) in [6.07, 6.45) is 0.913. The van der Waals surface area contributed by atoms with Crippen LogP contribution in [0.2, 0.25) is 0 Å². The van der Waals surface area contributed by atoms with Gasteiger partial charge in [0.15, 0.2) is 9.84 Å². The molecule has 92 valence electrons. The minimum atomic E-state index is -3.58. The summed E-state index contributed by atoms with van der Waals surface area (Å²) in [5.41, 5.74) is 0. The molecule has 0 aliphatic heterocycles. The molecular weight excluding hydrogens is 355 g/mol. The van der Waals surface area contributed by atoms with Gasteiger partial charge < -0.3 is 4.74 Å². The lowest BCUT2D eigenvalue weighted by Gasteiger charge is -1.99. The molecule has 0 N–H and O–H groups in total. The average Bonchev–Trinajstić information content (AvgIpc) is 2.28. The molecule has 1 aromatic carbocycles. The van der Waals surface area contributed by atoms with E-state index in [4.69, 9.17) is 0 Å². The predicted molar refractivity (Wildman–Crippen MR) is 72.1 cm³/mol. The number of halogens is 1. The number of carbonyl (C=O) groups is 1. The summed E-state index contributed by atoms with van der Waals surface area (Å²) >= 11 is 2.08. The molecule has 0 heterocycles. The van der Waals surface area contributed by atoms with Gasteiger partial charge in [0, 0.05) is 15.1 Å². The molecule has 0 aliphatic rings. The Morgan fingerprint density at radius 1 is 1.35 bits per heavy atom. The van der Waals surface area contributed by atoms with Gasteiger partial charge in [-0.1, -0.05) is 0 Å². The number of hydrogen-bond donors (Lipinski definition) is 0. The van der Waals surface area contributed by atoms with Gasteiger partial charge in [-0.2, -0.15) is 0 Å². The third-order valence-electron chi connectivity index (χ3n) is 1.81. The molecule has 0 aliphatic carbocycles. The molecule has 17 heavy (non-hydrogen) atoms.